The van der Waals surface area contributed by atoms with Crippen molar-refractivity contribution in [3.05, 3.63) is 24.3 Å². The van der Waals surface area contributed by atoms with E-state index in [1.807, 2.05) is 0 Å². The van der Waals surface area contributed by atoms with E-state index < -0.39 is 13.7 Å². The van der Waals surface area contributed by atoms with Crippen LogP contribution in [0.25, 0.3) is 0 Å². The summed E-state index contributed by atoms with van der Waals surface area (Å²) in [5, 5.41) is 0. The molecule has 0 fully saturated rings. The van der Waals surface area contributed by atoms with Gasteiger partial charge < -0.3 is 18.5 Å². The minimum absolute atomic E-state index is 0.119. The molecule has 0 saturated heterocycles. The number of hydrogen-bond acceptors (Lipinski definition) is 7. The second-order valence-corrected chi connectivity index (χ2v) is 15.9. The third-order valence-electron chi connectivity index (χ3n) is 8.84. The van der Waals surface area contributed by atoms with Gasteiger partial charge in [0.05, 0.1) is 6.61 Å². The molecular weight excluding hydrogens is 635 g/mol. The minimum atomic E-state index is -3.26. The van der Waals surface area contributed by atoms with Gasteiger partial charge in [-0.25, -0.2) is 0 Å². The number of unbranched alkanes of at least 4 members (excludes halogenated alkanes) is 22. The highest BCUT2D eigenvalue weighted by Crippen LogP contribution is 2.42. The van der Waals surface area contributed by atoms with Crippen LogP contribution in [0.2, 0.25) is 0 Å². The van der Waals surface area contributed by atoms with E-state index in [2.05, 4.69) is 38.2 Å². The molecule has 1 unspecified atom stereocenters. The van der Waals surface area contributed by atoms with Crippen LogP contribution < -0.4 is 0 Å². The summed E-state index contributed by atoms with van der Waals surface area (Å²) in [4.78, 5) is 24.9. The van der Waals surface area contributed by atoms with Crippen LogP contribution in [0.4, 0.5) is 0 Å². The van der Waals surface area contributed by atoms with Crippen molar-refractivity contribution in [3.63, 3.8) is 0 Å². The standard InChI is InChI=1S/C41H77O7P/c1-5-7-9-11-13-15-17-19-21-23-25-27-29-31-33-35-40(42)46-37-39(38-47-49(4,44)45-3)48-41(43)36-34-32-30-28-26-24-22-20-18-16-14-12-10-8-6-2/h19-22,39H,5-18,23-38H2,1-4H3/b21-19+,22-20-/t39-,49?/m1/s1. The largest absolute Gasteiger partial charge is 0.462 e. The molecule has 0 N–H and O–H groups in total. The van der Waals surface area contributed by atoms with Crippen LogP contribution in [0.5, 0.6) is 0 Å². The lowest BCUT2D eigenvalue weighted by Crippen LogP contribution is -2.29. The number of ether oxygens (including phenoxy) is 2. The van der Waals surface area contributed by atoms with E-state index in [1.54, 1.807) is 0 Å². The molecule has 7 nitrogen and oxygen atoms in total. The number of carbonyl (C=O) groups is 2. The SMILES string of the molecule is CCCCCCCC/C=C\CCCCCCCC(=O)O[C@H](COC(=O)CCCCCCC/C=C/CCCCCCCC)COP(C)(=O)OC. The van der Waals surface area contributed by atoms with Gasteiger partial charge in [-0.1, -0.05) is 141 Å². The van der Waals surface area contributed by atoms with Crippen molar-refractivity contribution in [2.75, 3.05) is 27.0 Å². The van der Waals surface area contributed by atoms with Gasteiger partial charge in [-0.3, -0.25) is 14.2 Å². The molecule has 0 aromatic rings. The van der Waals surface area contributed by atoms with Crippen molar-refractivity contribution in [2.45, 2.75) is 200 Å². The van der Waals surface area contributed by atoms with Crippen LogP contribution in [-0.4, -0.2) is 45.0 Å². The topological polar surface area (TPSA) is 88.1 Å². The van der Waals surface area contributed by atoms with Crippen molar-refractivity contribution >= 4 is 19.5 Å². The fourth-order valence-corrected chi connectivity index (χ4v) is 6.11. The summed E-state index contributed by atoms with van der Waals surface area (Å²) < 4.78 is 33.4. The zero-order valence-electron chi connectivity index (χ0n) is 32.4. The Labute approximate surface area is 302 Å². The van der Waals surface area contributed by atoms with Crippen molar-refractivity contribution in [3.8, 4) is 0 Å². The summed E-state index contributed by atoms with van der Waals surface area (Å²) >= 11 is 0. The van der Waals surface area contributed by atoms with Gasteiger partial charge in [-0.2, -0.15) is 0 Å². The normalized spacial score (nSPS) is 13.6. The summed E-state index contributed by atoms with van der Waals surface area (Å²) in [6.45, 7) is 5.59. The first-order chi connectivity index (χ1) is 23.8. The van der Waals surface area contributed by atoms with Crippen molar-refractivity contribution in [1.29, 1.82) is 0 Å². The Morgan fingerprint density at radius 3 is 1.31 bits per heavy atom. The summed E-state index contributed by atoms with van der Waals surface area (Å²) in [6.07, 6.45) is 40.2. The van der Waals surface area contributed by atoms with Gasteiger partial charge in [0.1, 0.15) is 6.61 Å². The number of esters is 2. The molecule has 288 valence electrons. The lowest BCUT2D eigenvalue weighted by atomic mass is 10.1. The van der Waals surface area contributed by atoms with E-state index in [0.717, 1.165) is 57.8 Å². The van der Waals surface area contributed by atoms with Gasteiger partial charge in [0.25, 0.3) is 0 Å². The van der Waals surface area contributed by atoms with Crippen molar-refractivity contribution in [1.82, 2.24) is 0 Å². The van der Waals surface area contributed by atoms with Crippen LogP contribution in [0.1, 0.15) is 194 Å². The highest BCUT2D eigenvalue weighted by molar-refractivity contribution is 7.52. The second kappa shape index (κ2) is 36.4. The summed E-state index contributed by atoms with van der Waals surface area (Å²) in [6, 6.07) is 0. The molecule has 0 heterocycles. The van der Waals surface area contributed by atoms with E-state index >= 15 is 0 Å². The fraction of sp³-hybridized carbons (Fsp3) is 0.854. The van der Waals surface area contributed by atoms with Gasteiger partial charge in [0, 0.05) is 26.6 Å². The molecule has 0 aromatic carbocycles. The van der Waals surface area contributed by atoms with Gasteiger partial charge >= 0.3 is 19.5 Å². The molecule has 0 aromatic heterocycles. The maximum Gasteiger partial charge on any atom is 0.327 e. The summed E-state index contributed by atoms with van der Waals surface area (Å²) in [5.41, 5.74) is 0. The van der Waals surface area contributed by atoms with E-state index in [-0.39, 0.29) is 25.2 Å². The molecule has 49 heavy (non-hydrogen) atoms. The average molecular weight is 713 g/mol. The monoisotopic (exact) mass is 713 g/mol. The van der Waals surface area contributed by atoms with E-state index in [0.29, 0.717) is 12.8 Å². The summed E-state index contributed by atoms with van der Waals surface area (Å²) in [5.74, 6) is -0.676. The third kappa shape index (κ3) is 36.2. The Bertz CT molecular complexity index is 857. The molecule has 0 radical (unpaired) electrons. The number of hydrogen-bond donors (Lipinski definition) is 0. The van der Waals surface area contributed by atoms with Crippen LogP contribution in [-0.2, 0) is 32.7 Å². The first kappa shape index (κ1) is 47.6. The predicted molar refractivity (Wildman–Crippen MR) is 206 cm³/mol. The molecule has 2 atom stereocenters. The van der Waals surface area contributed by atoms with Crippen molar-refractivity contribution in [2.24, 2.45) is 0 Å². The highest BCUT2D eigenvalue weighted by Gasteiger charge is 2.22. The van der Waals surface area contributed by atoms with Crippen LogP contribution >= 0.6 is 7.60 Å². The van der Waals surface area contributed by atoms with Crippen LogP contribution in [0, 0.1) is 0 Å². The Hall–Kier alpha value is -1.43. The minimum Gasteiger partial charge on any atom is -0.462 e. The smallest absolute Gasteiger partial charge is 0.327 e. The molecule has 0 rings (SSSR count). The molecule has 0 aliphatic rings. The van der Waals surface area contributed by atoms with E-state index in [4.69, 9.17) is 18.5 Å². The Morgan fingerprint density at radius 2 is 0.898 bits per heavy atom. The Morgan fingerprint density at radius 1 is 0.531 bits per heavy atom. The molecule has 0 aliphatic heterocycles. The Kier molecular flexibility index (Phi) is 35.3. The number of allylic oxidation sites excluding steroid dienone is 4. The van der Waals surface area contributed by atoms with E-state index in [9.17, 15) is 14.2 Å². The Balaban J connectivity index is 4.05. The zero-order chi connectivity index (χ0) is 36.1. The van der Waals surface area contributed by atoms with Gasteiger partial charge in [0.2, 0.25) is 0 Å². The van der Waals surface area contributed by atoms with Crippen molar-refractivity contribution < 1.29 is 32.7 Å². The summed E-state index contributed by atoms with van der Waals surface area (Å²) in [7, 11) is -1.95. The fourth-order valence-electron chi connectivity index (χ4n) is 5.57. The molecule has 0 spiro atoms. The molecule has 0 aliphatic carbocycles. The highest BCUT2D eigenvalue weighted by atomic mass is 31.2. The lowest BCUT2D eigenvalue weighted by molar-refractivity contribution is -0.161. The first-order valence-electron chi connectivity index (χ1n) is 20.3. The third-order valence-corrected chi connectivity index (χ3v) is 10.1. The average Bonchev–Trinajstić information content (AvgIpc) is 3.09. The van der Waals surface area contributed by atoms with Gasteiger partial charge in [0.15, 0.2) is 6.10 Å². The molecule has 8 heteroatoms. The lowest BCUT2D eigenvalue weighted by Gasteiger charge is -2.20. The first-order valence-corrected chi connectivity index (χ1v) is 22.3. The molecule has 0 bridgehead atoms. The molecular formula is C41H77O7P. The number of rotatable bonds is 37. The number of carbonyl (C=O) groups excluding carboxylic acids is 2. The quantitative estimate of drug-likeness (QED) is 0.0274. The predicted octanol–water partition coefficient (Wildman–Crippen LogP) is 13.0. The van der Waals surface area contributed by atoms with Crippen LogP contribution in [0.3, 0.4) is 0 Å². The maximum absolute atomic E-state index is 12.5. The van der Waals surface area contributed by atoms with Gasteiger partial charge in [-0.15, -0.1) is 0 Å². The zero-order valence-corrected chi connectivity index (χ0v) is 33.3. The van der Waals surface area contributed by atoms with Crippen LogP contribution in [0.15, 0.2) is 24.3 Å². The molecule has 0 amide bonds. The molecule has 0 saturated carbocycles. The maximum atomic E-state index is 12.5. The second-order valence-electron chi connectivity index (χ2n) is 13.7. The van der Waals surface area contributed by atoms with Gasteiger partial charge in [-0.05, 0) is 64.2 Å². The van der Waals surface area contributed by atoms with E-state index in [1.165, 1.54) is 123 Å².